The Kier molecular flexibility index (Phi) is 2.97. The second-order valence-corrected chi connectivity index (χ2v) is 5.85. The van der Waals surface area contributed by atoms with Gasteiger partial charge in [-0.05, 0) is 57.2 Å². The van der Waals surface area contributed by atoms with Gasteiger partial charge in [0.05, 0.1) is 6.10 Å². The van der Waals surface area contributed by atoms with Crippen LogP contribution in [0, 0.1) is 13.8 Å². The van der Waals surface area contributed by atoms with Crippen LogP contribution < -0.4 is 4.74 Å². The number of hydrogen-bond donors (Lipinski definition) is 1. The third-order valence-electron chi connectivity index (χ3n) is 4.70. The van der Waals surface area contributed by atoms with Crippen LogP contribution in [0.25, 0.3) is 0 Å². The first-order valence-corrected chi connectivity index (χ1v) is 7.20. The molecular formula is C16H22O3. The van der Waals surface area contributed by atoms with E-state index in [1.807, 2.05) is 26.8 Å². The van der Waals surface area contributed by atoms with Gasteiger partial charge in [-0.1, -0.05) is 0 Å². The zero-order valence-corrected chi connectivity index (χ0v) is 12.0. The van der Waals surface area contributed by atoms with E-state index in [2.05, 4.69) is 0 Å². The number of ether oxygens (including phenoxy) is 2. The van der Waals surface area contributed by atoms with Gasteiger partial charge in [0, 0.05) is 18.6 Å². The summed E-state index contributed by atoms with van der Waals surface area (Å²) in [6.45, 7) is 6.66. The highest BCUT2D eigenvalue weighted by Crippen LogP contribution is 2.52. The Balaban J connectivity index is 2.08. The predicted molar refractivity (Wildman–Crippen MR) is 73.8 cm³/mol. The molecule has 3 heteroatoms. The molecule has 104 valence electrons. The van der Waals surface area contributed by atoms with Crippen molar-refractivity contribution in [2.45, 2.75) is 58.2 Å². The summed E-state index contributed by atoms with van der Waals surface area (Å²) in [5.41, 5.74) is 2.96. The molecule has 1 aromatic carbocycles. The standard InChI is InChI=1S/C16H22O3/c1-4-18-14-9-16(6-5-7-16)19-15-11(3)10(2)13(17)8-12(14)15/h8,14,17H,4-7,9H2,1-3H3. The van der Waals surface area contributed by atoms with Gasteiger partial charge >= 0.3 is 0 Å². The molecule has 1 aliphatic carbocycles. The summed E-state index contributed by atoms with van der Waals surface area (Å²) in [5.74, 6) is 1.29. The van der Waals surface area contributed by atoms with Crippen LogP contribution in [0.2, 0.25) is 0 Å². The van der Waals surface area contributed by atoms with Gasteiger partial charge in [0.25, 0.3) is 0 Å². The van der Waals surface area contributed by atoms with E-state index in [1.54, 1.807) is 0 Å². The normalized spacial score (nSPS) is 23.6. The SMILES string of the molecule is CCOC1CC2(CCC2)Oc2c1cc(O)c(C)c2C. The predicted octanol–water partition coefficient (Wildman–Crippen LogP) is 3.79. The van der Waals surface area contributed by atoms with Crippen LogP contribution in [0.3, 0.4) is 0 Å². The highest BCUT2D eigenvalue weighted by molar-refractivity contribution is 5.54. The molecule has 1 unspecified atom stereocenters. The lowest BCUT2D eigenvalue weighted by Crippen LogP contribution is -2.47. The van der Waals surface area contributed by atoms with Crippen molar-refractivity contribution < 1.29 is 14.6 Å². The first-order chi connectivity index (χ1) is 9.06. The van der Waals surface area contributed by atoms with Gasteiger partial charge in [-0.25, -0.2) is 0 Å². The molecule has 1 fully saturated rings. The fourth-order valence-electron chi connectivity index (χ4n) is 3.21. The third-order valence-corrected chi connectivity index (χ3v) is 4.70. The molecule has 19 heavy (non-hydrogen) atoms. The van der Waals surface area contributed by atoms with Crippen LogP contribution in [0.4, 0.5) is 0 Å². The lowest BCUT2D eigenvalue weighted by atomic mass is 9.73. The van der Waals surface area contributed by atoms with Crippen molar-refractivity contribution in [1.82, 2.24) is 0 Å². The zero-order valence-electron chi connectivity index (χ0n) is 12.0. The molecule has 2 aliphatic rings. The molecule has 1 aliphatic heterocycles. The second kappa shape index (κ2) is 4.41. The number of hydrogen-bond acceptors (Lipinski definition) is 3. The van der Waals surface area contributed by atoms with Crippen molar-refractivity contribution in [2.24, 2.45) is 0 Å². The molecule has 1 heterocycles. The van der Waals surface area contributed by atoms with E-state index < -0.39 is 0 Å². The van der Waals surface area contributed by atoms with E-state index in [4.69, 9.17) is 9.47 Å². The van der Waals surface area contributed by atoms with E-state index in [-0.39, 0.29) is 11.7 Å². The third kappa shape index (κ3) is 1.91. The van der Waals surface area contributed by atoms with Gasteiger partial charge in [-0.15, -0.1) is 0 Å². The fourth-order valence-corrected chi connectivity index (χ4v) is 3.21. The molecule has 3 nitrogen and oxygen atoms in total. The van der Waals surface area contributed by atoms with Crippen molar-refractivity contribution in [3.05, 3.63) is 22.8 Å². The minimum absolute atomic E-state index is 0.0129. The van der Waals surface area contributed by atoms with Gasteiger partial charge in [0.15, 0.2) is 0 Å². The number of aromatic hydroxyl groups is 1. The molecule has 0 aromatic heterocycles. The fraction of sp³-hybridized carbons (Fsp3) is 0.625. The molecule has 0 radical (unpaired) electrons. The average Bonchev–Trinajstić information content (AvgIpc) is 2.35. The quantitative estimate of drug-likeness (QED) is 0.881. The van der Waals surface area contributed by atoms with Gasteiger partial charge in [-0.2, -0.15) is 0 Å². The number of benzene rings is 1. The van der Waals surface area contributed by atoms with Gasteiger partial charge < -0.3 is 14.6 Å². The Bertz CT molecular complexity index is 503. The monoisotopic (exact) mass is 262 g/mol. The molecule has 1 spiro atoms. The topological polar surface area (TPSA) is 38.7 Å². The molecule has 1 saturated carbocycles. The lowest BCUT2D eigenvalue weighted by Gasteiger charge is -2.48. The summed E-state index contributed by atoms with van der Waals surface area (Å²) in [4.78, 5) is 0. The average molecular weight is 262 g/mol. The molecule has 0 saturated heterocycles. The Labute approximate surface area is 114 Å². The Morgan fingerprint density at radius 2 is 2.11 bits per heavy atom. The molecular weight excluding hydrogens is 240 g/mol. The molecule has 1 aromatic rings. The summed E-state index contributed by atoms with van der Waals surface area (Å²) in [6.07, 6.45) is 4.45. The van der Waals surface area contributed by atoms with Crippen LogP contribution in [0.1, 0.15) is 55.4 Å². The van der Waals surface area contributed by atoms with Gasteiger partial charge in [0.1, 0.15) is 17.1 Å². The summed E-state index contributed by atoms with van der Waals surface area (Å²) in [5, 5.41) is 10.0. The highest BCUT2D eigenvalue weighted by Gasteiger charge is 2.46. The van der Waals surface area contributed by atoms with Crippen molar-refractivity contribution in [2.75, 3.05) is 6.61 Å². The van der Waals surface area contributed by atoms with Gasteiger partial charge in [0.2, 0.25) is 0 Å². The highest BCUT2D eigenvalue weighted by atomic mass is 16.5. The molecule has 0 amide bonds. The van der Waals surface area contributed by atoms with Crippen LogP contribution in [0.5, 0.6) is 11.5 Å². The van der Waals surface area contributed by atoms with E-state index in [1.165, 1.54) is 6.42 Å². The second-order valence-electron chi connectivity index (χ2n) is 5.85. The minimum Gasteiger partial charge on any atom is -0.508 e. The summed E-state index contributed by atoms with van der Waals surface area (Å²) in [7, 11) is 0. The van der Waals surface area contributed by atoms with Crippen LogP contribution in [-0.4, -0.2) is 17.3 Å². The Morgan fingerprint density at radius 3 is 2.68 bits per heavy atom. The van der Waals surface area contributed by atoms with E-state index >= 15 is 0 Å². The van der Waals surface area contributed by atoms with Gasteiger partial charge in [-0.3, -0.25) is 0 Å². The van der Waals surface area contributed by atoms with Crippen molar-refractivity contribution in [1.29, 1.82) is 0 Å². The van der Waals surface area contributed by atoms with Crippen LogP contribution in [-0.2, 0) is 4.74 Å². The van der Waals surface area contributed by atoms with Crippen molar-refractivity contribution in [3.8, 4) is 11.5 Å². The van der Waals surface area contributed by atoms with E-state index in [0.717, 1.165) is 41.7 Å². The molecule has 0 bridgehead atoms. The Morgan fingerprint density at radius 1 is 1.37 bits per heavy atom. The largest absolute Gasteiger partial charge is 0.508 e. The molecule has 1 N–H and O–H groups in total. The van der Waals surface area contributed by atoms with Crippen molar-refractivity contribution in [3.63, 3.8) is 0 Å². The van der Waals surface area contributed by atoms with Crippen molar-refractivity contribution >= 4 is 0 Å². The first-order valence-electron chi connectivity index (χ1n) is 7.20. The smallest absolute Gasteiger partial charge is 0.129 e. The molecule has 3 rings (SSSR count). The summed E-state index contributed by atoms with van der Waals surface area (Å²) < 4.78 is 12.2. The van der Waals surface area contributed by atoms with Crippen LogP contribution in [0.15, 0.2) is 6.07 Å². The van der Waals surface area contributed by atoms with Crippen LogP contribution >= 0.6 is 0 Å². The van der Waals surface area contributed by atoms with E-state index in [9.17, 15) is 5.11 Å². The van der Waals surface area contributed by atoms with E-state index in [0.29, 0.717) is 12.4 Å². The number of fused-ring (bicyclic) bond motifs is 1. The zero-order chi connectivity index (χ0) is 13.6. The summed E-state index contributed by atoms with van der Waals surface area (Å²) >= 11 is 0. The maximum absolute atomic E-state index is 10.0. The number of phenols is 1. The maximum atomic E-state index is 10.0. The molecule has 1 atom stereocenters. The lowest BCUT2D eigenvalue weighted by molar-refractivity contribution is -0.0855. The Hall–Kier alpha value is -1.22. The minimum atomic E-state index is -0.0129. The first kappa shape index (κ1) is 12.8. The maximum Gasteiger partial charge on any atom is 0.129 e. The number of phenolic OH excluding ortho intramolecular Hbond substituents is 1. The summed E-state index contributed by atoms with van der Waals surface area (Å²) in [6, 6.07) is 1.82. The number of rotatable bonds is 2.